The van der Waals surface area contributed by atoms with Crippen LogP contribution in [0.15, 0.2) is 47.1 Å². The minimum Gasteiger partial charge on any atom is -0.467 e. The fraction of sp³-hybridized carbons (Fsp3) is 0.400. The van der Waals surface area contributed by atoms with Crippen LogP contribution in [-0.4, -0.2) is 40.5 Å². The lowest BCUT2D eigenvalue weighted by Gasteiger charge is -2.27. The van der Waals surface area contributed by atoms with Gasteiger partial charge in [-0.25, -0.2) is 0 Å². The highest BCUT2D eigenvalue weighted by molar-refractivity contribution is 8.00. The van der Waals surface area contributed by atoms with E-state index in [0.29, 0.717) is 12.3 Å². The number of benzene rings is 1. The van der Waals surface area contributed by atoms with E-state index >= 15 is 0 Å². The molecule has 2 aromatic rings. The van der Waals surface area contributed by atoms with Gasteiger partial charge in [0.1, 0.15) is 11.1 Å². The van der Waals surface area contributed by atoms with Crippen LogP contribution in [0.1, 0.15) is 46.3 Å². The van der Waals surface area contributed by atoms with E-state index in [9.17, 15) is 9.59 Å². The maximum atomic E-state index is 12.6. The summed E-state index contributed by atoms with van der Waals surface area (Å²) >= 11 is 1.62. The molecule has 4 rings (SSSR count). The molecule has 0 spiro atoms. The van der Waals surface area contributed by atoms with Gasteiger partial charge in [0.25, 0.3) is 5.91 Å². The minimum absolute atomic E-state index is 0.0354. The molecule has 0 N–H and O–H groups in total. The molecule has 2 aliphatic rings. The van der Waals surface area contributed by atoms with Gasteiger partial charge >= 0.3 is 0 Å². The standard InChI is InChI=1S/C20H22N2O3S/c23-18-14-26-20(22(18)13-17-5-4-12-25-17)16-8-6-15(7-9-16)19(24)21-10-2-1-3-11-21/h4-9,12,20H,1-3,10-11,13-14H2/t20-/m0/s1. The number of furan rings is 1. The van der Waals surface area contributed by atoms with Gasteiger partial charge in [0.15, 0.2) is 0 Å². The zero-order chi connectivity index (χ0) is 17.9. The van der Waals surface area contributed by atoms with E-state index in [1.807, 2.05) is 46.2 Å². The van der Waals surface area contributed by atoms with Crippen LogP contribution in [0.25, 0.3) is 0 Å². The number of carbonyl (C=O) groups is 2. The Bertz CT molecular complexity index is 767. The Morgan fingerprint density at radius 3 is 2.58 bits per heavy atom. The second-order valence-corrected chi connectivity index (χ2v) is 7.81. The van der Waals surface area contributed by atoms with Crippen LogP contribution < -0.4 is 0 Å². The second kappa shape index (κ2) is 7.58. The average Bonchev–Trinajstić information content (AvgIpc) is 3.33. The molecule has 0 unspecified atom stereocenters. The van der Waals surface area contributed by atoms with E-state index in [4.69, 9.17) is 4.42 Å². The Kier molecular flexibility index (Phi) is 5.02. The summed E-state index contributed by atoms with van der Waals surface area (Å²) in [6.45, 7) is 2.17. The van der Waals surface area contributed by atoms with E-state index in [1.165, 1.54) is 6.42 Å². The number of nitrogens with zero attached hydrogens (tertiary/aromatic N) is 2. The summed E-state index contributed by atoms with van der Waals surface area (Å²) < 4.78 is 5.39. The fourth-order valence-electron chi connectivity index (χ4n) is 3.54. The first-order valence-electron chi connectivity index (χ1n) is 9.05. The van der Waals surface area contributed by atoms with Gasteiger partial charge in [-0.3, -0.25) is 9.59 Å². The second-order valence-electron chi connectivity index (χ2n) is 6.74. The van der Waals surface area contributed by atoms with Gasteiger partial charge in [-0.1, -0.05) is 12.1 Å². The van der Waals surface area contributed by atoms with Crippen molar-refractivity contribution in [3.8, 4) is 0 Å². The smallest absolute Gasteiger partial charge is 0.253 e. The van der Waals surface area contributed by atoms with Gasteiger partial charge in [0, 0.05) is 18.7 Å². The predicted molar refractivity (Wildman–Crippen MR) is 101 cm³/mol. The molecule has 2 saturated heterocycles. The first kappa shape index (κ1) is 17.2. The van der Waals surface area contributed by atoms with Crippen molar-refractivity contribution in [1.82, 2.24) is 9.80 Å². The first-order chi connectivity index (χ1) is 12.7. The highest BCUT2D eigenvalue weighted by Crippen LogP contribution is 2.39. The number of hydrogen-bond donors (Lipinski definition) is 0. The summed E-state index contributed by atoms with van der Waals surface area (Å²) in [6.07, 6.45) is 5.01. The first-order valence-corrected chi connectivity index (χ1v) is 10.1. The van der Waals surface area contributed by atoms with Crippen molar-refractivity contribution in [1.29, 1.82) is 0 Å². The molecule has 0 bridgehead atoms. The molecule has 2 amide bonds. The summed E-state index contributed by atoms with van der Waals surface area (Å²) in [6, 6.07) is 11.4. The van der Waals surface area contributed by atoms with Gasteiger partial charge < -0.3 is 14.2 Å². The van der Waals surface area contributed by atoms with Gasteiger partial charge in [-0.2, -0.15) is 0 Å². The number of hydrogen-bond acceptors (Lipinski definition) is 4. The van der Waals surface area contributed by atoms with Gasteiger partial charge in [0.05, 0.1) is 18.6 Å². The predicted octanol–water partition coefficient (Wildman–Crippen LogP) is 3.68. The Labute approximate surface area is 157 Å². The summed E-state index contributed by atoms with van der Waals surface area (Å²) in [5, 5.41) is -0.0354. The number of piperidine rings is 1. The van der Waals surface area contributed by atoms with Crippen LogP contribution in [-0.2, 0) is 11.3 Å². The Morgan fingerprint density at radius 1 is 1.12 bits per heavy atom. The molecule has 0 radical (unpaired) electrons. The van der Waals surface area contributed by atoms with E-state index in [1.54, 1.807) is 18.0 Å². The number of amides is 2. The molecular formula is C20H22N2O3S. The van der Waals surface area contributed by atoms with E-state index in [2.05, 4.69) is 0 Å². The zero-order valence-corrected chi connectivity index (χ0v) is 15.4. The van der Waals surface area contributed by atoms with Crippen LogP contribution in [0.4, 0.5) is 0 Å². The fourth-order valence-corrected chi connectivity index (χ4v) is 4.73. The minimum atomic E-state index is -0.0354. The molecule has 6 heteroatoms. The summed E-state index contributed by atoms with van der Waals surface area (Å²) in [4.78, 5) is 28.7. The molecule has 1 atom stereocenters. The average molecular weight is 370 g/mol. The topological polar surface area (TPSA) is 53.8 Å². The SMILES string of the molecule is O=C(c1ccc([C@@H]2SCC(=O)N2Cc2ccco2)cc1)N1CCCCC1. The van der Waals surface area contributed by atoms with Crippen LogP contribution in [0.5, 0.6) is 0 Å². The molecule has 1 aromatic carbocycles. The third kappa shape index (κ3) is 3.51. The summed E-state index contributed by atoms with van der Waals surface area (Å²) in [5.74, 6) is 1.48. The monoisotopic (exact) mass is 370 g/mol. The van der Waals surface area contributed by atoms with Gasteiger partial charge in [-0.05, 0) is 49.1 Å². The Hall–Kier alpha value is -2.21. The third-order valence-corrected chi connectivity index (χ3v) is 6.22. The van der Waals surface area contributed by atoms with Crippen molar-refractivity contribution in [2.24, 2.45) is 0 Å². The highest BCUT2D eigenvalue weighted by Gasteiger charge is 2.33. The Morgan fingerprint density at radius 2 is 1.88 bits per heavy atom. The maximum Gasteiger partial charge on any atom is 0.253 e. The zero-order valence-electron chi connectivity index (χ0n) is 14.6. The molecule has 0 aliphatic carbocycles. The number of likely N-dealkylation sites (tertiary alicyclic amines) is 1. The third-order valence-electron chi connectivity index (χ3n) is 4.96. The molecule has 2 aliphatic heterocycles. The normalized spacial score (nSPS) is 20.6. The van der Waals surface area contributed by atoms with Crippen molar-refractivity contribution in [3.63, 3.8) is 0 Å². The maximum absolute atomic E-state index is 12.6. The highest BCUT2D eigenvalue weighted by atomic mass is 32.2. The summed E-state index contributed by atoms with van der Waals surface area (Å²) in [7, 11) is 0. The van der Waals surface area contributed by atoms with E-state index in [0.717, 1.165) is 42.8 Å². The molecular weight excluding hydrogens is 348 g/mol. The van der Waals surface area contributed by atoms with Crippen molar-refractivity contribution in [3.05, 3.63) is 59.5 Å². The van der Waals surface area contributed by atoms with Crippen LogP contribution in [0, 0.1) is 0 Å². The molecule has 1 aromatic heterocycles. The van der Waals surface area contributed by atoms with Gasteiger partial charge in [-0.15, -0.1) is 11.8 Å². The largest absolute Gasteiger partial charge is 0.467 e. The molecule has 26 heavy (non-hydrogen) atoms. The number of rotatable bonds is 4. The van der Waals surface area contributed by atoms with Crippen molar-refractivity contribution in [2.75, 3.05) is 18.8 Å². The lowest BCUT2D eigenvalue weighted by Crippen LogP contribution is -2.35. The Balaban J connectivity index is 1.48. The van der Waals surface area contributed by atoms with E-state index in [-0.39, 0.29) is 17.2 Å². The molecule has 3 heterocycles. The molecule has 2 fully saturated rings. The van der Waals surface area contributed by atoms with Crippen molar-refractivity contribution >= 4 is 23.6 Å². The molecule has 0 saturated carbocycles. The van der Waals surface area contributed by atoms with Gasteiger partial charge in [0.2, 0.25) is 5.91 Å². The lowest BCUT2D eigenvalue weighted by molar-refractivity contribution is -0.128. The van der Waals surface area contributed by atoms with E-state index < -0.39 is 0 Å². The number of thioether (sulfide) groups is 1. The number of carbonyl (C=O) groups excluding carboxylic acids is 2. The van der Waals surface area contributed by atoms with Crippen LogP contribution >= 0.6 is 11.8 Å². The van der Waals surface area contributed by atoms with Crippen molar-refractivity contribution < 1.29 is 14.0 Å². The van der Waals surface area contributed by atoms with Crippen LogP contribution in [0.3, 0.4) is 0 Å². The lowest BCUT2D eigenvalue weighted by atomic mass is 10.1. The molecule has 5 nitrogen and oxygen atoms in total. The molecule has 136 valence electrons. The van der Waals surface area contributed by atoms with Crippen molar-refractivity contribution in [2.45, 2.75) is 31.2 Å². The summed E-state index contributed by atoms with van der Waals surface area (Å²) in [5.41, 5.74) is 1.77. The quantitative estimate of drug-likeness (QED) is 0.824. The van der Waals surface area contributed by atoms with Crippen LogP contribution in [0.2, 0.25) is 0 Å².